The van der Waals surface area contributed by atoms with Gasteiger partial charge in [0.15, 0.2) is 0 Å². The van der Waals surface area contributed by atoms with Crippen molar-refractivity contribution in [2.24, 2.45) is 5.73 Å². The minimum absolute atomic E-state index is 0.147. The number of carbonyl (C=O) groups excluding carboxylic acids is 1. The second kappa shape index (κ2) is 4.11. The molecule has 0 bridgehead atoms. The smallest absolute Gasteiger partial charge is 0.240 e. The van der Waals surface area contributed by atoms with Crippen LogP contribution in [0.1, 0.15) is 36.9 Å². The van der Waals surface area contributed by atoms with Gasteiger partial charge in [-0.2, -0.15) is 0 Å². The summed E-state index contributed by atoms with van der Waals surface area (Å²) in [5, 5.41) is 2.81. The molecule has 1 aromatic rings. The normalized spacial score (nSPS) is 18.6. The van der Waals surface area contributed by atoms with Crippen LogP contribution in [0, 0.1) is 12.7 Å². The number of halogens is 1. The molecule has 1 aliphatic carbocycles. The van der Waals surface area contributed by atoms with Gasteiger partial charge in [0.1, 0.15) is 5.82 Å². The van der Waals surface area contributed by atoms with E-state index in [1.165, 1.54) is 6.07 Å². The highest BCUT2D eigenvalue weighted by Gasteiger charge is 2.46. The quantitative estimate of drug-likeness (QED) is 0.840. The number of hydrogen-bond acceptors (Lipinski definition) is 2. The Hall–Kier alpha value is -1.42. The van der Waals surface area contributed by atoms with E-state index in [1.54, 1.807) is 13.0 Å². The Morgan fingerprint density at radius 3 is 2.71 bits per heavy atom. The molecule has 17 heavy (non-hydrogen) atoms. The van der Waals surface area contributed by atoms with Gasteiger partial charge in [-0.15, -0.1) is 0 Å². The van der Waals surface area contributed by atoms with Crippen molar-refractivity contribution >= 4 is 5.91 Å². The largest absolute Gasteiger partial charge is 0.348 e. The SMILES string of the molecule is Cc1ccc(C(C)NC(=O)C2(N)CC2)cc1F. The topological polar surface area (TPSA) is 55.1 Å². The minimum Gasteiger partial charge on any atom is -0.348 e. The molecule has 4 heteroatoms. The molecule has 1 fully saturated rings. The molecular weight excluding hydrogens is 219 g/mol. The van der Waals surface area contributed by atoms with Gasteiger partial charge >= 0.3 is 0 Å². The van der Waals surface area contributed by atoms with Crippen molar-refractivity contribution in [3.05, 3.63) is 35.1 Å². The van der Waals surface area contributed by atoms with Crippen molar-refractivity contribution < 1.29 is 9.18 Å². The number of nitrogens with one attached hydrogen (secondary N) is 1. The van der Waals surface area contributed by atoms with Crippen LogP contribution >= 0.6 is 0 Å². The summed E-state index contributed by atoms with van der Waals surface area (Å²) in [6, 6.07) is 4.76. The Morgan fingerprint density at radius 1 is 1.53 bits per heavy atom. The van der Waals surface area contributed by atoms with Crippen molar-refractivity contribution in [2.75, 3.05) is 0 Å². The maximum Gasteiger partial charge on any atom is 0.240 e. The third-order valence-electron chi connectivity index (χ3n) is 3.28. The summed E-state index contributed by atoms with van der Waals surface area (Å²) in [6.07, 6.45) is 1.46. The average molecular weight is 236 g/mol. The lowest BCUT2D eigenvalue weighted by Gasteiger charge is -2.17. The molecular formula is C13H17FN2O. The fourth-order valence-corrected chi connectivity index (χ4v) is 1.66. The molecule has 1 aromatic carbocycles. The molecule has 0 aliphatic heterocycles. The molecule has 0 spiro atoms. The number of carbonyl (C=O) groups is 1. The lowest BCUT2D eigenvalue weighted by atomic mass is 10.1. The van der Waals surface area contributed by atoms with Crippen LogP contribution in [0.3, 0.4) is 0 Å². The van der Waals surface area contributed by atoms with Crippen LogP contribution in [0.5, 0.6) is 0 Å². The summed E-state index contributed by atoms with van der Waals surface area (Å²) in [4.78, 5) is 11.7. The highest BCUT2D eigenvalue weighted by molar-refractivity contribution is 5.89. The van der Waals surface area contributed by atoms with Gasteiger partial charge in [0.2, 0.25) is 5.91 Å². The third kappa shape index (κ3) is 2.47. The Labute approximate surface area is 100 Å². The molecule has 0 aromatic heterocycles. The number of hydrogen-bond donors (Lipinski definition) is 2. The predicted octanol–water partition coefficient (Wildman–Crippen LogP) is 1.80. The maximum atomic E-state index is 13.4. The van der Waals surface area contributed by atoms with Crippen LogP contribution in [-0.2, 0) is 4.79 Å². The van der Waals surface area contributed by atoms with E-state index >= 15 is 0 Å². The third-order valence-corrected chi connectivity index (χ3v) is 3.28. The van der Waals surface area contributed by atoms with Crippen LogP contribution in [0.15, 0.2) is 18.2 Å². The molecule has 0 heterocycles. The first-order valence-electron chi connectivity index (χ1n) is 5.78. The summed E-state index contributed by atoms with van der Waals surface area (Å²) in [5.74, 6) is -0.400. The maximum absolute atomic E-state index is 13.4. The lowest BCUT2D eigenvalue weighted by Crippen LogP contribution is -2.43. The Balaban J connectivity index is 2.06. The molecule has 3 nitrogen and oxygen atoms in total. The average Bonchev–Trinajstić information content (AvgIpc) is 3.02. The van der Waals surface area contributed by atoms with Gasteiger partial charge in [-0.05, 0) is 43.9 Å². The number of benzene rings is 1. The molecule has 1 aliphatic rings. The molecule has 1 amide bonds. The van der Waals surface area contributed by atoms with Gasteiger partial charge in [-0.25, -0.2) is 4.39 Å². The molecule has 0 radical (unpaired) electrons. The number of aryl methyl sites for hydroxylation is 1. The van der Waals surface area contributed by atoms with Crippen molar-refractivity contribution in [1.29, 1.82) is 0 Å². The van der Waals surface area contributed by atoms with Gasteiger partial charge in [0, 0.05) is 0 Å². The van der Waals surface area contributed by atoms with Crippen molar-refractivity contribution in [3.63, 3.8) is 0 Å². The van der Waals surface area contributed by atoms with Crippen LogP contribution in [-0.4, -0.2) is 11.4 Å². The lowest BCUT2D eigenvalue weighted by molar-refractivity contribution is -0.123. The van der Waals surface area contributed by atoms with E-state index in [9.17, 15) is 9.18 Å². The van der Waals surface area contributed by atoms with E-state index in [1.807, 2.05) is 13.0 Å². The van der Waals surface area contributed by atoms with E-state index in [4.69, 9.17) is 5.73 Å². The molecule has 1 unspecified atom stereocenters. The van der Waals surface area contributed by atoms with Crippen LogP contribution in [0.2, 0.25) is 0 Å². The monoisotopic (exact) mass is 236 g/mol. The first-order chi connectivity index (χ1) is 7.92. The summed E-state index contributed by atoms with van der Waals surface area (Å²) >= 11 is 0. The number of amides is 1. The standard InChI is InChI=1S/C13H17FN2O/c1-8-3-4-10(7-11(8)14)9(2)16-12(17)13(15)5-6-13/h3-4,7,9H,5-6,15H2,1-2H3,(H,16,17). The van der Waals surface area contributed by atoms with Gasteiger partial charge in [0.05, 0.1) is 11.6 Å². The first-order valence-corrected chi connectivity index (χ1v) is 5.78. The summed E-state index contributed by atoms with van der Waals surface area (Å²) in [7, 11) is 0. The second-order valence-electron chi connectivity index (χ2n) is 4.86. The zero-order valence-corrected chi connectivity index (χ0v) is 10.1. The Kier molecular flexibility index (Phi) is 2.91. The van der Waals surface area contributed by atoms with Gasteiger partial charge in [-0.1, -0.05) is 12.1 Å². The number of nitrogens with two attached hydrogens (primary N) is 1. The van der Waals surface area contributed by atoms with E-state index in [-0.39, 0.29) is 17.8 Å². The van der Waals surface area contributed by atoms with Crippen molar-refractivity contribution in [1.82, 2.24) is 5.32 Å². The highest BCUT2D eigenvalue weighted by Crippen LogP contribution is 2.33. The van der Waals surface area contributed by atoms with E-state index < -0.39 is 5.54 Å². The van der Waals surface area contributed by atoms with Crippen LogP contribution in [0.25, 0.3) is 0 Å². The zero-order chi connectivity index (χ0) is 12.6. The molecule has 92 valence electrons. The summed E-state index contributed by atoms with van der Waals surface area (Å²) in [6.45, 7) is 3.54. The Bertz CT molecular complexity index is 455. The van der Waals surface area contributed by atoms with E-state index in [0.717, 1.165) is 18.4 Å². The van der Waals surface area contributed by atoms with Gasteiger partial charge in [-0.3, -0.25) is 4.79 Å². The fraction of sp³-hybridized carbons (Fsp3) is 0.462. The van der Waals surface area contributed by atoms with Gasteiger partial charge in [0.25, 0.3) is 0 Å². The molecule has 2 rings (SSSR count). The fourth-order valence-electron chi connectivity index (χ4n) is 1.66. The van der Waals surface area contributed by atoms with E-state index in [2.05, 4.69) is 5.32 Å². The molecule has 1 atom stereocenters. The summed E-state index contributed by atoms with van der Waals surface area (Å²) < 4.78 is 13.4. The Morgan fingerprint density at radius 2 is 2.18 bits per heavy atom. The van der Waals surface area contributed by atoms with Crippen molar-refractivity contribution in [3.8, 4) is 0 Å². The van der Waals surface area contributed by atoms with Crippen LogP contribution < -0.4 is 11.1 Å². The van der Waals surface area contributed by atoms with Crippen LogP contribution in [0.4, 0.5) is 4.39 Å². The molecule has 1 saturated carbocycles. The van der Waals surface area contributed by atoms with Crippen molar-refractivity contribution in [2.45, 2.75) is 38.3 Å². The summed E-state index contributed by atoms with van der Waals surface area (Å²) in [5.41, 5.74) is 6.46. The molecule has 3 N–H and O–H groups in total. The highest BCUT2D eigenvalue weighted by atomic mass is 19.1. The minimum atomic E-state index is -0.683. The first kappa shape index (κ1) is 12.0. The zero-order valence-electron chi connectivity index (χ0n) is 10.1. The van der Waals surface area contributed by atoms with Gasteiger partial charge < -0.3 is 11.1 Å². The molecule has 0 saturated heterocycles. The predicted molar refractivity (Wildman–Crippen MR) is 63.8 cm³/mol. The second-order valence-corrected chi connectivity index (χ2v) is 4.86. The number of rotatable bonds is 3. The van der Waals surface area contributed by atoms with E-state index in [0.29, 0.717) is 5.56 Å².